The Balaban J connectivity index is 2.19. The molecule has 1 spiro atoms. The Hall–Kier alpha value is -0.490. The highest BCUT2D eigenvalue weighted by molar-refractivity contribution is 5.86. The van der Waals surface area contributed by atoms with E-state index in [1.807, 2.05) is 0 Å². The van der Waals surface area contributed by atoms with Crippen LogP contribution in [0.3, 0.4) is 0 Å². The van der Waals surface area contributed by atoms with Crippen molar-refractivity contribution in [3.63, 3.8) is 0 Å². The van der Waals surface area contributed by atoms with Gasteiger partial charge in [-0.1, -0.05) is 0 Å². The lowest BCUT2D eigenvalue weighted by atomic mass is 9.71. The normalized spacial score (nSPS) is 28.5. The second-order valence-corrected chi connectivity index (χ2v) is 4.30. The Labute approximate surface area is 88.0 Å². The van der Waals surface area contributed by atoms with Crippen molar-refractivity contribution in [2.75, 3.05) is 26.4 Å². The lowest BCUT2D eigenvalue weighted by Crippen LogP contribution is -2.51. The fraction of sp³-hybridized carbons (Fsp3) is 0.900. The van der Waals surface area contributed by atoms with E-state index in [4.69, 9.17) is 9.47 Å². The second-order valence-electron chi connectivity index (χ2n) is 4.30. The number of ketones is 1. The standard InChI is InChI=1S/C10H16O5/c11-6-9(7-12)5-10(2-1-8(9)13)14-3-4-15-10/h11-12H,1-7H2. The van der Waals surface area contributed by atoms with Crippen LogP contribution in [0.4, 0.5) is 0 Å². The van der Waals surface area contributed by atoms with Crippen molar-refractivity contribution in [3.05, 3.63) is 0 Å². The summed E-state index contributed by atoms with van der Waals surface area (Å²) in [5.41, 5.74) is -1.08. The molecule has 2 aliphatic rings. The van der Waals surface area contributed by atoms with Gasteiger partial charge in [-0.2, -0.15) is 0 Å². The average Bonchev–Trinajstić information content (AvgIpc) is 2.71. The first-order chi connectivity index (χ1) is 7.16. The summed E-state index contributed by atoms with van der Waals surface area (Å²) in [6.45, 7) is 0.329. The summed E-state index contributed by atoms with van der Waals surface area (Å²) in [6.07, 6.45) is 1.07. The Morgan fingerprint density at radius 2 is 1.80 bits per heavy atom. The smallest absolute Gasteiger partial charge is 0.170 e. The Morgan fingerprint density at radius 3 is 2.33 bits per heavy atom. The summed E-state index contributed by atoms with van der Waals surface area (Å²) >= 11 is 0. The van der Waals surface area contributed by atoms with Crippen LogP contribution in [0.5, 0.6) is 0 Å². The molecule has 5 nitrogen and oxygen atoms in total. The third-order valence-corrected chi connectivity index (χ3v) is 3.35. The number of aliphatic hydroxyl groups excluding tert-OH is 2. The molecule has 0 bridgehead atoms. The Morgan fingerprint density at radius 1 is 1.20 bits per heavy atom. The number of hydrogen-bond donors (Lipinski definition) is 2. The summed E-state index contributed by atoms with van der Waals surface area (Å²) in [5, 5.41) is 18.5. The number of aliphatic hydroxyl groups is 2. The van der Waals surface area contributed by atoms with Gasteiger partial charge in [0.1, 0.15) is 5.78 Å². The minimum atomic E-state index is -1.08. The third-order valence-electron chi connectivity index (χ3n) is 3.35. The number of ether oxygens (including phenoxy) is 2. The Bertz CT molecular complexity index is 253. The summed E-state index contributed by atoms with van der Waals surface area (Å²) in [6, 6.07) is 0. The lowest BCUT2D eigenvalue weighted by molar-refractivity contribution is -0.210. The van der Waals surface area contributed by atoms with Gasteiger partial charge in [-0.3, -0.25) is 4.79 Å². The zero-order valence-electron chi connectivity index (χ0n) is 8.57. The lowest BCUT2D eigenvalue weighted by Gasteiger charge is -2.41. The molecule has 2 N–H and O–H groups in total. The molecule has 0 amide bonds. The molecule has 0 aromatic rings. The van der Waals surface area contributed by atoms with E-state index in [0.29, 0.717) is 26.1 Å². The maximum Gasteiger partial charge on any atom is 0.170 e. The SMILES string of the molecule is O=C1CCC2(CC1(CO)CO)OCCO2. The van der Waals surface area contributed by atoms with Crippen LogP contribution in [0.1, 0.15) is 19.3 Å². The second kappa shape index (κ2) is 3.83. The van der Waals surface area contributed by atoms with Gasteiger partial charge in [0, 0.05) is 19.3 Å². The van der Waals surface area contributed by atoms with E-state index in [9.17, 15) is 15.0 Å². The number of Topliss-reactive ketones (excluding diaryl/α,β-unsaturated/α-hetero) is 1. The molecular formula is C10H16O5. The molecule has 2 fully saturated rings. The molecule has 0 aromatic heterocycles. The molecule has 5 heteroatoms. The highest BCUT2D eigenvalue weighted by atomic mass is 16.7. The van der Waals surface area contributed by atoms with Gasteiger partial charge >= 0.3 is 0 Å². The highest BCUT2D eigenvalue weighted by Crippen LogP contribution is 2.43. The van der Waals surface area contributed by atoms with E-state index < -0.39 is 11.2 Å². The summed E-state index contributed by atoms with van der Waals surface area (Å²) in [4.78, 5) is 11.7. The van der Waals surface area contributed by atoms with Crippen LogP contribution >= 0.6 is 0 Å². The predicted molar refractivity (Wildman–Crippen MR) is 50.1 cm³/mol. The van der Waals surface area contributed by atoms with Gasteiger partial charge in [-0.15, -0.1) is 0 Å². The average molecular weight is 216 g/mol. The van der Waals surface area contributed by atoms with E-state index >= 15 is 0 Å². The molecule has 0 unspecified atom stereocenters. The molecule has 0 radical (unpaired) electrons. The van der Waals surface area contributed by atoms with Crippen molar-refractivity contribution in [2.24, 2.45) is 5.41 Å². The predicted octanol–water partition coefficient (Wildman–Crippen LogP) is -0.547. The van der Waals surface area contributed by atoms with Crippen molar-refractivity contribution < 1.29 is 24.5 Å². The van der Waals surface area contributed by atoms with E-state index in [2.05, 4.69) is 0 Å². The molecule has 86 valence electrons. The largest absolute Gasteiger partial charge is 0.395 e. The van der Waals surface area contributed by atoms with Crippen LogP contribution in [0.2, 0.25) is 0 Å². The molecule has 1 aliphatic heterocycles. The molecule has 1 aliphatic carbocycles. The summed E-state index contributed by atoms with van der Waals surface area (Å²) in [7, 11) is 0. The van der Waals surface area contributed by atoms with Gasteiger partial charge in [-0.25, -0.2) is 0 Å². The summed E-state index contributed by atoms with van der Waals surface area (Å²) < 4.78 is 11.0. The quantitative estimate of drug-likeness (QED) is 0.648. The molecule has 0 aromatic carbocycles. The first-order valence-corrected chi connectivity index (χ1v) is 5.19. The van der Waals surface area contributed by atoms with Gasteiger partial charge in [0.05, 0.1) is 31.8 Å². The summed E-state index contributed by atoms with van der Waals surface area (Å²) in [5.74, 6) is -0.850. The number of carbonyl (C=O) groups is 1. The molecule has 2 rings (SSSR count). The van der Waals surface area contributed by atoms with Gasteiger partial charge in [0.15, 0.2) is 5.79 Å². The van der Waals surface area contributed by atoms with Gasteiger partial charge in [0.2, 0.25) is 0 Å². The van der Waals surface area contributed by atoms with Crippen LogP contribution in [-0.4, -0.2) is 48.2 Å². The zero-order chi connectivity index (χ0) is 10.9. The molecule has 1 saturated heterocycles. The van der Waals surface area contributed by atoms with Crippen molar-refractivity contribution in [3.8, 4) is 0 Å². The number of rotatable bonds is 2. The fourth-order valence-corrected chi connectivity index (χ4v) is 2.35. The van der Waals surface area contributed by atoms with Gasteiger partial charge in [-0.05, 0) is 0 Å². The van der Waals surface area contributed by atoms with Crippen molar-refractivity contribution in [1.82, 2.24) is 0 Å². The topological polar surface area (TPSA) is 76.0 Å². The molecule has 0 atom stereocenters. The van der Waals surface area contributed by atoms with Crippen molar-refractivity contribution >= 4 is 5.78 Å². The maximum absolute atomic E-state index is 11.7. The van der Waals surface area contributed by atoms with Crippen LogP contribution in [0.15, 0.2) is 0 Å². The molecule has 1 heterocycles. The number of carbonyl (C=O) groups excluding carboxylic acids is 1. The zero-order valence-corrected chi connectivity index (χ0v) is 8.57. The number of hydrogen-bond acceptors (Lipinski definition) is 5. The maximum atomic E-state index is 11.7. The van der Waals surface area contributed by atoms with Crippen molar-refractivity contribution in [2.45, 2.75) is 25.0 Å². The molecule has 15 heavy (non-hydrogen) atoms. The molecule has 1 saturated carbocycles. The Kier molecular flexibility index (Phi) is 2.81. The fourth-order valence-electron chi connectivity index (χ4n) is 2.35. The third kappa shape index (κ3) is 1.69. The van der Waals surface area contributed by atoms with E-state index in [0.717, 1.165) is 0 Å². The van der Waals surface area contributed by atoms with E-state index in [1.54, 1.807) is 0 Å². The minimum absolute atomic E-state index is 0.0998. The van der Waals surface area contributed by atoms with Gasteiger partial charge < -0.3 is 19.7 Å². The van der Waals surface area contributed by atoms with Crippen molar-refractivity contribution in [1.29, 1.82) is 0 Å². The van der Waals surface area contributed by atoms with E-state index in [1.165, 1.54) is 0 Å². The first kappa shape index (κ1) is 11.0. The first-order valence-electron chi connectivity index (χ1n) is 5.19. The minimum Gasteiger partial charge on any atom is -0.395 e. The van der Waals surface area contributed by atoms with Crippen LogP contribution in [-0.2, 0) is 14.3 Å². The van der Waals surface area contributed by atoms with Crippen LogP contribution in [0, 0.1) is 5.41 Å². The van der Waals surface area contributed by atoms with Crippen LogP contribution < -0.4 is 0 Å². The monoisotopic (exact) mass is 216 g/mol. The van der Waals surface area contributed by atoms with Gasteiger partial charge in [0.25, 0.3) is 0 Å². The van der Waals surface area contributed by atoms with Crippen LogP contribution in [0.25, 0.3) is 0 Å². The molecular weight excluding hydrogens is 200 g/mol. The van der Waals surface area contributed by atoms with E-state index in [-0.39, 0.29) is 25.4 Å². The highest BCUT2D eigenvalue weighted by Gasteiger charge is 2.52.